The van der Waals surface area contributed by atoms with Crippen LogP contribution in [-0.4, -0.2) is 47.9 Å². The fraction of sp³-hybridized carbons (Fsp3) is 0.500. The van der Waals surface area contributed by atoms with Crippen molar-refractivity contribution in [1.82, 2.24) is 15.0 Å². The summed E-state index contributed by atoms with van der Waals surface area (Å²) in [4.78, 5) is 15.6. The van der Waals surface area contributed by atoms with Gasteiger partial charge in [0.15, 0.2) is 6.10 Å². The Morgan fingerprint density at radius 2 is 2.17 bits per heavy atom. The molecule has 0 radical (unpaired) electrons. The van der Waals surface area contributed by atoms with Crippen molar-refractivity contribution in [3.63, 3.8) is 0 Å². The van der Waals surface area contributed by atoms with Crippen molar-refractivity contribution in [2.75, 3.05) is 31.7 Å². The van der Waals surface area contributed by atoms with Crippen molar-refractivity contribution < 1.29 is 9.47 Å². The molecule has 2 aromatic rings. The first kappa shape index (κ1) is 15.4. The molecule has 0 saturated carbocycles. The van der Waals surface area contributed by atoms with Crippen LogP contribution in [0.5, 0.6) is 5.88 Å². The summed E-state index contributed by atoms with van der Waals surface area (Å²) in [5, 5.41) is 9.99. The van der Waals surface area contributed by atoms with Crippen LogP contribution in [0.15, 0.2) is 6.07 Å². The quantitative estimate of drug-likeness (QED) is 0.835. The molecule has 1 aliphatic rings. The Balaban J connectivity index is 2.17. The highest BCUT2D eigenvalue weighted by molar-refractivity contribution is 5.94. The van der Waals surface area contributed by atoms with E-state index in [1.165, 1.54) is 0 Å². The Bertz CT molecular complexity index is 766. The highest BCUT2D eigenvalue weighted by atomic mass is 16.5. The van der Waals surface area contributed by atoms with Crippen LogP contribution in [-0.2, 0) is 4.74 Å². The molecule has 0 spiro atoms. The number of pyridine rings is 1. The van der Waals surface area contributed by atoms with Gasteiger partial charge in [-0.2, -0.15) is 5.26 Å². The van der Waals surface area contributed by atoms with E-state index in [9.17, 15) is 5.26 Å². The first-order valence-electron chi connectivity index (χ1n) is 7.58. The molecule has 1 saturated heterocycles. The minimum Gasteiger partial charge on any atom is -0.480 e. The molecule has 7 heteroatoms. The van der Waals surface area contributed by atoms with Crippen LogP contribution >= 0.6 is 0 Å². The number of fused-ring (bicyclic) bond motifs is 1. The molecule has 1 aliphatic heterocycles. The largest absolute Gasteiger partial charge is 0.480 e. The summed E-state index contributed by atoms with van der Waals surface area (Å²) in [7, 11) is 1.59. The average Bonchev–Trinajstić information content (AvgIpc) is 2.78. The van der Waals surface area contributed by atoms with E-state index in [0.717, 1.165) is 35.4 Å². The van der Waals surface area contributed by atoms with Crippen molar-refractivity contribution in [3.05, 3.63) is 17.6 Å². The predicted molar refractivity (Wildman–Crippen MR) is 85.5 cm³/mol. The molecule has 0 aromatic carbocycles. The fourth-order valence-corrected chi connectivity index (χ4v) is 2.81. The van der Waals surface area contributed by atoms with Crippen LogP contribution in [0.1, 0.15) is 17.9 Å². The first-order chi connectivity index (χ1) is 11.1. The van der Waals surface area contributed by atoms with Crippen LogP contribution in [0.25, 0.3) is 10.9 Å². The molecule has 2 aromatic heterocycles. The topological polar surface area (TPSA) is 84.2 Å². The predicted octanol–water partition coefficient (Wildman–Crippen LogP) is 1.77. The molecule has 0 bridgehead atoms. The number of aryl methyl sites for hydroxylation is 2. The van der Waals surface area contributed by atoms with Crippen LogP contribution in [0.2, 0.25) is 0 Å². The van der Waals surface area contributed by atoms with Crippen molar-refractivity contribution in [2.45, 2.75) is 26.4 Å². The third-order valence-electron chi connectivity index (χ3n) is 3.78. The number of nitrogens with zero attached hydrogens (tertiary/aromatic N) is 5. The summed E-state index contributed by atoms with van der Waals surface area (Å²) in [6.07, 6.45) is 0.372. The maximum Gasteiger partial charge on any atom is 0.226 e. The van der Waals surface area contributed by atoms with Crippen molar-refractivity contribution in [2.24, 2.45) is 0 Å². The molecule has 23 heavy (non-hydrogen) atoms. The van der Waals surface area contributed by atoms with Gasteiger partial charge in [-0.05, 0) is 26.3 Å². The summed E-state index contributed by atoms with van der Waals surface area (Å²) in [5.74, 6) is 1.94. The van der Waals surface area contributed by atoms with Gasteiger partial charge in [-0.1, -0.05) is 0 Å². The molecule has 1 fully saturated rings. The smallest absolute Gasteiger partial charge is 0.226 e. The molecule has 0 N–H and O–H groups in total. The zero-order valence-corrected chi connectivity index (χ0v) is 13.5. The van der Waals surface area contributed by atoms with Gasteiger partial charge in [-0.25, -0.2) is 15.0 Å². The molecular formula is C16H19N5O2. The minimum absolute atomic E-state index is 0.466. The van der Waals surface area contributed by atoms with E-state index in [0.29, 0.717) is 24.9 Å². The molecule has 1 unspecified atom stereocenters. The Hall–Kier alpha value is -2.46. The summed E-state index contributed by atoms with van der Waals surface area (Å²) >= 11 is 0. The molecule has 7 nitrogen and oxygen atoms in total. The second-order valence-corrected chi connectivity index (χ2v) is 5.55. The lowest BCUT2D eigenvalue weighted by Crippen LogP contribution is -2.32. The Kier molecular flexibility index (Phi) is 4.26. The molecule has 3 rings (SSSR count). The number of rotatable bonds is 2. The van der Waals surface area contributed by atoms with Crippen molar-refractivity contribution >= 4 is 16.7 Å². The van der Waals surface area contributed by atoms with E-state index in [1.54, 1.807) is 7.11 Å². The Morgan fingerprint density at radius 3 is 2.91 bits per heavy atom. The number of ether oxygens (including phenoxy) is 2. The van der Waals surface area contributed by atoms with Gasteiger partial charge in [0.2, 0.25) is 5.88 Å². The van der Waals surface area contributed by atoms with Gasteiger partial charge in [0.05, 0.1) is 31.8 Å². The van der Waals surface area contributed by atoms with Gasteiger partial charge >= 0.3 is 0 Å². The zero-order valence-electron chi connectivity index (χ0n) is 13.5. The fourth-order valence-electron chi connectivity index (χ4n) is 2.81. The van der Waals surface area contributed by atoms with E-state index < -0.39 is 6.10 Å². The second kappa shape index (κ2) is 6.34. The summed E-state index contributed by atoms with van der Waals surface area (Å²) < 4.78 is 11.0. The van der Waals surface area contributed by atoms with Gasteiger partial charge in [-0.3, -0.25) is 0 Å². The lowest BCUT2D eigenvalue weighted by atomic mass is 10.2. The maximum atomic E-state index is 9.21. The van der Waals surface area contributed by atoms with Crippen LogP contribution in [0.4, 0.5) is 5.82 Å². The highest BCUT2D eigenvalue weighted by Crippen LogP contribution is 2.32. The third kappa shape index (κ3) is 3.03. The number of anilines is 1. The zero-order chi connectivity index (χ0) is 16.4. The number of aromatic nitrogens is 3. The summed E-state index contributed by atoms with van der Waals surface area (Å²) in [6, 6.07) is 4.11. The van der Waals surface area contributed by atoms with Gasteiger partial charge in [0, 0.05) is 12.2 Å². The van der Waals surface area contributed by atoms with Crippen LogP contribution in [0, 0.1) is 25.2 Å². The first-order valence-corrected chi connectivity index (χ1v) is 7.58. The van der Waals surface area contributed by atoms with Gasteiger partial charge in [0.1, 0.15) is 17.0 Å². The third-order valence-corrected chi connectivity index (χ3v) is 3.78. The molecule has 1 atom stereocenters. The molecule has 120 valence electrons. The minimum atomic E-state index is -0.466. The van der Waals surface area contributed by atoms with Crippen LogP contribution in [0.3, 0.4) is 0 Å². The lowest BCUT2D eigenvalue weighted by molar-refractivity contribution is 0.106. The van der Waals surface area contributed by atoms with E-state index in [4.69, 9.17) is 9.47 Å². The van der Waals surface area contributed by atoms with Crippen molar-refractivity contribution in [3.8, 4) is 11.9 Å². The molecular weight excluding hydrogens is 294 g/mol. The van der Waals surface area contributed by atoms with Crippen molar-refractivity contribution in [1.29, 1.82) is 5.26 Å². The van der Waals surface area contributed by atoms with Crippen LogP contribution < -0.4 is 9.64 Å². The van der Waals surface area contributed by atoms with Gasteiger partial charge < -0.3 is 14.4 Å². The Labute approximate surface area is 134 Å². The van der Waals surface area contributed by atoms with Gasteiger partial charge in [0.25, 0.3) is 0 Å². The monoisotopic (exact) mass is 313 g/mol. The number of hydrogen-bond donors (Lipinski definition) is 0. The number of methoxy groups -OCH3 is 1. The summed E-state index contributed by atoms with van der Waals surface area (Å²) in [5.41, 5.74) is 1.64. The maximum absolute atomic E-state index is 9.21. The molecule has 3 heterocycles. The van der Waals surface area contributed by atoms with E-state index in [-0.39, 0.29) is 0 Å². The van der Waals surface area contributed by atoms with E-state index in [2.05, 4.69) is 25.9 Å². The van der Waals surface area contributed by atoms with E-state index >= 15 is 0 Å². The van der Waals surface area contributed by atoms with E-state index in [1.807, 2.05) is 19.9 Å². The lowest BCUT2D eigenvalue weighted by Gasteiger charge is -2.24. The number of nitriles is 1. The number of hydrogen-bond acceptors (Lipinski definition) is 7. The van der Waals surface area contributed by atoms with Gasteiger partial charge in [-0.15, -0.1) is 0 Å². The summed E-state index contributed by atoms with van der Waals surface area (Å²) in [6.45, 7) is 5.58. The SMILES string of the molecule is COc1nc(C)cc2nc(C)nc(N3CCCOC(C#N)C3)c12. The Morgan fingerprint density at radius 1 is 1.35 bits per heavy atom. The highest BCUT2D eigenvalue weighted by Gasteiger charge is 2.23. The normalized spacial score (nSPS) is 18.5. The molecule has 0 amide bonds. The standard InChI is InChI=1S/C16H19N5O2/c1-10-7-13-14(16(18-10)22-3)15(20-11(2)19-13)21-5-4-6-23-12(8-17)9-21/h7,12H,4-6,9H2,1-3H3. The second-order valence-electron chi connectivity index (χ2n) is 5.55. The average molecular weight is 313 g/mol. The molecule has 0 aliphatic carbocycles.